The Kier molecular flexibility index (Phi) is 5.60. The fraction of sp³-hybridized carbons (Fsp3) is 0.231. The molecule has 2 fully saturated rings. The molecule has 6 rings (SSSR count). The number of rotatable bonds is 5. The summed E-state index contributed by atoms with van der Waals surface area (Å²) >= 11 is 6.69. The van der Waals surface area contributed by atoms with Crippen molar-refractivity contribution in [2.24, 2.45) is 5.92 Å². The van der Waals surface area contributed by atoms with E-state index in [1.54, 1.807) is 42.6 Å². The van der Waals surface area contributed by atoms with E-state index in [4.69, 9.17) is 22.4 Å². The number of fused-ring (bicyclic) bond motifs is 3. The lowest BCUT2D eigenvalue weighted by Gasteiger charge is -2.32. The summed E-state index contributed by atoms with van der Waals surface area (Å²) in [4.78, 5) is 39.9. The van der Waals surface area contributed by atoms with Crippen LogP contribution in [0.2, 0.25) is 5.02 Å². The van der Waals surface area contributed by atoms with Crippen LogP contribution >= 0.6 is 11.6 Å². The van der Waals surface area contributed by atoms with Crippen molar-refractivity contribution >= 4 is 46.1 Å². The Bertz CT molecular complexity index is 1550. The van der Waals surface area contributed by atoms with Gasteiger partial charge in [-0.05, 0) is 49.1 Å². The molecule has 2 aliphatic rings. The van der Waals surface area contributed by atoms with Crippen LogP contribution in [0.3, 0.4) is 0 Å². The van der Waals surface area contributed by atoms with Crippen molar-refractivity contribution in [1.29, 1.82) is 0 Å². The van der Waals surface area contributed by atoms with Crippen molar-refractivity contribution in [2.75, 3.05) is 17.6 Å². The molecule has 1 aliphatic heterocycles. The second kappa shape index (κ2) is 8.97. The molecule has 4 heterocycles. The highest BCUT2D eigenvalue weighted by Crippen LogP contribution is 2.46. The van der Waals surface area contributed by atoms with E-state index in [0.29, 0.717) is 44.6 Å². The lowest BCUT2D eigenvalue weighted by Crippen LogP contribution is -2.42. The molecule has 0 radical (unpaired) electrons. The highest BCUT2D eigenvalue weighted by atomic mass is 35.5. The Hall–Kier alpha value is -4.31. The number of nitrogen functional groups attached to an aromatic ring is 1. The van der Waals surface area contributed by atoms with E-state index in [-0.39, 0.29) is 29.7 Å². The van der Waals surface area contributed by atoms with Crippen LogP contribution in [-0.2, 0) is 4.79 Å². The van der Waals surface area contributed by atoms with E-state index in [9.17, 15) is 9.59 Å². The standard InChI is InChI=1S/C26H23ClN8O2/c1-2-21(36)34-12-14-9-18(34)19(10-14)35-25-22(24(28)30-13-31-25)23(33-35)16-7-6-15(11-17(16)27)26(37)32-20-5-3-4-8-29-20/h2-8,11,13-14,18-19H,1,9-10,12H2,(H2,28,30,31)(H,29,32,37)/t14-,18?,19?/m1/s1. The number of amides is 2. The van der Waals surface area contributed by atoms with Gasteiger partial charge in [-0.3, -0.25) is 9.59 Å². The number of carbonyl (C=O) groups excluding carboxylic acids is 2. The van der Waals surface area contributed by atoms with Crippen molar-refractivity contribution in [1.82, 2.24) is 29.6 Å². The summed E-state index contributed by atoms with van der Waals surface area (Å²) < 4.78 is 1.86. The first-order chi connectivity index (χ1) is 17.9. The summed E-state index contributed by atoms with van der Waals surface area (Å²) in [6.45, 7) is 4.37. The second-order valence-electron chi connectivity index (χ2n) is 9.28. The van der Waals surface area contributed by atoms with Crippen molar-refractivity contribution in [3.63, 3.8) is 0 Å². The zero-order valence-electron chi connectivity index (χ0n) is 19.7. The maximum atomic E-state index is 12.7. The van der Waals surface area contributed by atoms with Crippen LogP contribution in [0.25, 0.3) is 22.3 Å². The molecular formula is C26H23ClN8O2. The van der Waals surface area contributed by atoms with Crippen LogP contribution in [0.4, 0.5) is 11.6 Å². The fourth-order valence-corrected chi connectivity index (χ4v) is 5.78. The Balaban J connectivity index is 1.38. The quantitative estimate of drug-likeness (QED) is 0.388. The molecule has 10 nitrogen and oxygen atoms in total. The Morgan fingerprint density at radius 1 is 1.14 bits per heavy atom. The van der Waals surface area contributed by atoms with Crippen molar-refractivity contribution in [3.05, 3.63) is 72.2 Å². The van der Waals surface area contributed by atoms with Gasteiger partial charge in [-0.1, -0.05) is 30.3 Å². The van der Waals surface area contributed by atoms with E-state index >= 15 is 0 Å². The predicted molar refractivity (Wildman–Crippen MR) is 140 cm³/mol. The minimum absolute atomic E-state index is 0.00391. The van der Waals surface area contributed by atoms with Crippen molar-refractivity contribution in [2.45, 2.75) is 24.9 Å². The number of nitrogens with two attached hydrogens (primary N) is 1. The minimum atomic E-state index is -0.334. The molecule has 0 spiro atoms. The number of pyridine rings is 1. The van der Waals surface area contributed by atoms with E-state index < -0.39 is 0 Å². The first-order valence-electron chi connectivity index (χ1n) is 11.9. The van der Waals surface area contributed by atoms with Gasteiger partial charge in [0.2, 0.25) is 5.91 Å². The summed E-state index contributed by atoms with van der Waals surface area (Å²) in [5.74, 6) is 0.699. The number of nitrogens with zero attached hydrogens (tertiary/aromatic N) is 6. The molecule has 1 aromatic carbocycles. The average Bonchev–Trinajstić information content (AvgIpc) is 3.62. The number of carbonyl (C=O) groups is 2. The van der Waals surface area contributed by atoms with Gasteiger partial charge in [0, 0.05) is 23.9 Å². The van der Waals surface area contributed by atoms with Gasteiger partial charge in [-0.25, -0.2) is 19.6 Å². The zero-order valence-corrected chi connectivity index (χ0v) is 20.5. The number of aromatic nitrogens is 5. The molecule has 1 saturated heterocycles. The molecular weight excluding hydrogens is 492 g/mol. The lowest BCUT2D eigenvalue weighted by atomic mass is 10.1. The number of benzene rings is 1. The number of halogens is 1. The largest absolute Gasteiger partial charge is 0.383 e. The topological polar surface area (TPSA) is 132 Å². The SMILES string of the molecule is C=CC(=O)N1C[C@@H]2CC1C(n1nc(-c3ccc(C(=O)Nc4ccccn4)cc3Cl)c3c(N)ncnc31)C2. The van der Waals surface area contributed by atoms with Crippen LogP contribution in [0.1, 0.15) is 29.2 Å². The van der Waals surface area contributed by atoms with Crippen LogP contribution in [-0.4, -0.2) is 54.0 Å². The molecule has 186 valence electrons. The molecule has 37 heavy (non-hydrogen) atoms. The summed E-state index contributed by atoms with van der Waals surface area (Å²) in [5.41, 5.74) is 8.38. The summed E-state index contributed by atoms with van der Waals surface area (Å²) in [6.07, 6.45) is 6.15. The molecule has 4 aromatic rings. The molecule has 1 saturated carbocycles. The third-order valence-corrected chi connectivity index (χ3v) is 7.44. The number of nitrogens with one attached hydrogen (secondary N) is 1. The normalized spacial score (nSPS) is 20.4. The predicted octanol–water partition coefficient (Wildman–Crippen LogP) is 3.72. The number of anilines is 2. The van der Waals surface area contributed by atoms with Gasteiger partial charge in [0.15, 0.2) is 5.65 Å². The first kappa shape index (κ1) is 23.1. The Morgan fingerprint density at radius 2 is 1.97 bits per heavy atom. The summed E-state index contributed by atoms with van der Waals surface area (Å²) in [5, 5.41) is 8.59. The number of hydrogen-bond donors (Lipinski definition) is 2. The number of likely N-dealkylation sites (tertiary alicyclic amines) is 1. The fourth-order valence-electron chi connectivity index (χ4n) is 5.51. The Morgan fingerprint density at radius 3 is 2.70 bits per heavy atom. The molecule has 3 aromatic heterocycles. The molecule has 3 N–H and O–H groups in total. The molecule has 2 bridgehead atoms. The number of piperidine rings is 1. The highest BCUT2D eigenvalue weighted by molar-refractivity contribution is 6.34. The van der Waals surface area contributed by atoms with Crippen LogP contribution in [0.15, 0.2) is 61.6 Å². The maximum absolute atomic E-state index is 12.7. The van der Waals surface area contributed by atoms with Crippen molar-refractivity contribution < 1.29 is 9.59 Å². The monoisotopic (exact) mass is 514 g/mol. The molecule has 11 heteroatoms. The van der Waals surface area contributed by atoms with Gasteiger partial charge < -0.3 is 16.0 Å². The smallest absolute Gasteiger partial charge is 0.256 e. The van der Waals surface area contributed by atoms with Gasteiger partial charge in [0.1, 0.15) is 23.7 Å². The molecule has 3 atom stereocenters. The van der Waals surface area contributed by atoms with E-state index in [1.165, 1.54) is 12.4 Å². The van der Waals surface area contributed by atoms with Crippen LogP contribution < -0.4 is 11.1 Å². The zero-order chi connectivity index (χ0) is 25.7. The van der Waals surface area contributed by atoms with Crippen LogP contribution in [0, 0.1) is 5.92 Å². The van der Waals surface area contributed by atoms with Gasteiger partial charge in [0.25, 0.3) is 5.91 Å². The number of hydrogen-bond acceptors (Lipinski definition) is 7. The lowest BCUT2D eigenvalue weighted by molar-refractivity contribution is -0.128. The molecule has 2 amide bonds. The van der Waals surface area contributed by atoms with E-state index in [2.05, 4.69) is 26.8 Å². The molecule has 2 unspecified atom stereocenters. The minimum Gasteiger partial charge on any atom is -0.383 e. The van der Waals surface area contributed by atoms with E-state index in [0.717, 1.165) is 19.4 Å². The average molecular weight is 515 g/mol. The Labute approximate surface area is 217 Å². The highest BCUT2D eigenvalue weighted by Gasteiger charge is 2.48. The second-order valence-corrected chi connectivity index (χ2v) is 9.69. The summed E-state index contributed by atoms with van der Waals surface area (Å²) in [7, 11) is 0. The van der Waals surface area contributed by atoms with Gasteiger partial charge in [-0.15, -0.1) is 0 Å². The van der Waals surface area contributed by atoms with Gasteiger partial charge >= 0.3 is 0 Å². The molecule has 1 aliphatic carbocycles. The third kappa shape index (κ3) is 3.89. The summed E-state index contributed by atoms with van der Waals surface area (Å²) in [6, 6.07) is 10.2. The van der Waals surface area contributed by atoms with Crippen molar-refractivity contribution in [3.8, 4) is 11.3 Å². The van der Waals surface area contributed by atoms with Crippen LogP contribution in [0.5, 0.6) is 0 Å². The van der Waals surface area contributed by atoms with Gasteiger partial charge in [0.05, 0.1) is 22.5 Å². The van der Waals surface area contributed by atoms with Gasteiger partial charge in [-0.2, -0.15) is 5.10 Å². The first-order valence-corrected chi connectivity index (χ1v) is 12.3. The maximum Gasteiger partial charge on any atom is 0.256 e. The third-order valence-electron chi connectivity index (χ3n) is 7.13. The van der Waals surface area contributed by atoms with E-state index in [1.807, 2.05) is 9.58 Å².